The summed E-state index contributed by atoms with van der Waals surface area (Å²) in [6.45, 7) is 6.59. The normalized spacial score (nSPS) is 11.2. The molecule has 1 heterocycles. The van der Waals surface area contributed by atoms with E-state index in [4.69, 9.17) is 9.15 Å². The van der Waals surface area contributed by atoms with E-state index in [1.165, 1.54) is 5.56 Å². The summed E-state index contributed by atoms with van der Waals surface area (Å²) < 4.78 is 10.4. The third-order valence-corrected chi connectivity index (χ3v) is 2.53. The summed E-state index contributed by atoms with van der Waals surface area (Å²) in [5, 5.41) is 3.31. The van der Waals surface area contributed by atoms with Crippen molar-refractivity contribution in [3.63, 3.8) is 0 Å². The number of nitrogens with one attached hydrogen (secondary N) is 1. The Kier molecular flexibility index (Phi) is 6.15. The molecule has 0 aromatic carbocycles. The van der Waals surface area contributed by atoms with E-state index in [2.05, 4.69) is 24.2 Å². The summed E-state index contributed by atoms with van der Waals surface area (Å²) in [6.07, 6.45) is 1.75. The van der Waals surface area contributed by atoms with Crippen molar-refractivity contribution in [3.05, 3.63) is 23.7 Å². The zero-order chi connectivity index (χ0) is 11.8. The van der Waals surface area contributed by atoms with Gasteiger partial charge in [-0.2, -0.15) is 0 Å². The van der Waals surface area contributed by atoms with Crippen molar-refractivity contribution in [2.45, 2.75) is 13.5 Å². The quantitative estimate of drug-likeness (QED) is 0.677. The topological polar surface area (TPSA) is 37.6 Å². The lowest BCUT2D eigenvalue weighted by atomic mass is 10.3. The highest BCUT2D eigenvalue weighted by molar-refractivity contribution is 5.14. The Balaban J connectivity index is 2.11. The maximum absolute atomic E-state index is 5.40. The Bertz CT molecular complexity index is 286. The van der Waals surface area contributed by atoms with E-state index in [0.29, 0.717) is 0 Å². The average Bonchev–Trinajstić information content (AvgIpc) is 2.64. The standard InChI is InChI=1S/C12H22N2O2/c1-11-4-8-16-12(11)10-14(2)7-5-13-6-9-15-3/h4,8,13H,5-7,9-10H2,1-3H3. The van der Waals surface area contributed by atoms with Gasteiger partial charge in [-0.25, -0.2) is 0 Å². The van der Waals surface area contributed by atoms with Crippen LogP contribution in [0.15, 0.2) is 16.7 Å². The molecule has 0 saturated carbocycles. The van der Waals surface area contributed by atoms with Crippen molar-refractivity contribution < 1.29 is 9.15 Å². The van der Waals surface area contributed by atoms with Crippen LogP contribution in [0.2, 0.25) is 0 Å². The molecule has 1 aromatic heterocycles. The first kappa shape index (κ1) is 13.2. The highest BCUT2D eigenvalue weighted by Crippen LogP contribution is 2.10. The number of aryl methyl sites for hydroxylation is 1. The second kappa shape index (κ2) is 7.44. The van der Waals surface area contributed by atoms with Gasteiger partial charge in [0.15, 0.2) is 0 Å². The lowest BCUT2D eigenvalue weighted by molar-refractivity contribution is 0.197. The monoisotopic (exact) mass is 226 g/mol. The number of hydrogen-bond acceptors (Lipinski definition) is 4. The molecule has 16 heavy (non-hydrogen) atoms. The number of ether oxygens (including phenoxy) is 1. The molecule has 0 aliphatic heterocycles. The Morgan fingerprint density at radius 2 is 2.25 bits per heavy atom. The molecule has 0 bridgehead atoms. The molecule has 92 valence electrons. The summed E-state index contributed by atoms with van der Waals surface area (Å²) in [6, 6.07) is 2.00. The van der Waals surface area contributed by atoms with E-state index >= 15 is 0 Å². The van der Waals surface area contributed by atoms with Gasteiger partial charge >= 0.3 is 0 Å². The molecule has 0 aliphatic rings. The van der Waals surface area contributed by atoms with Crippen LogP contribution in [0.4, 0.5) is 0 Å². The molecule has 0 spiro atoms. The van der Waals surface area contributed by atoms with Crippen molar-refractivity contribution in [1.29, 1.82) is 0 Å². The van der Waals surface area contributed by atoms with E-state index in [1.54, 1.807) is 13.4 Å². The van der Waals surface area contributed by atoms with Gasteiger partial charge in [0, 0.05) is 26.7 Å². The number of likely N-dealkylation sites (N-methyl/N-ethyl adjacent to an activating group) is 1. The fourth-order valence-electron chi connectivity index (χ4n) is 1.46. The lowest BCUT2D eigenvalue weighted by Gasteiger charge is -2.15. The van der Waals surface area contributed by atoms with Gasteiger partial charge in [-0.1, -0.05) is 0 Å². The maximum Gasteiger partial charge on any atom is 0.120 e. The molecule has 4 nitrogen and oxygen atoms in total. The van der Waals surface area contributed by atoms with Crippen LogP contribution in [0.1, 0.15) is 11.3 Å². The predicted octanol–water partition coefficient (Wildman–Crippen LogP) is 1.26. The van der Waals surface area contributed by atoms with Gasteiger partial charge in [0.1, 0.15) is 5.76 Å². The minimum atomic E-state index is 0.765. The van der Waals surface area contributed by atoms with Crippen LogP contribution < -0.4 is 5.32 Å². The summed E-state index contributed by atoms with van der Waals surface area (Å²) in [5.41, 5.74) is 1.22. The molecule has 0 aliphatic carbocycles. The Morgan fingerprint density at radius 1 is 1.44 bits per heavy atom. The van der Waals surface area contributed by atoms with Crippen molar-refractivity contribution in [2.75, 3.05) is 40.4 Å². The van der Waals surface area contributed by atoms with Crippen LogP contribution >= 0.6 is 0 Å². The number of hydrogen-bond donors (Lipinski definition) is 1. The first-order valence-corrected chi connectivity index (χ1v) is 5.65. The fourth-order valence-corrected chi connectivity index (χ4v) is 1.46. The molecular weight excluding hydrogens is 204 g/mol. The average molecular weight is 226 g/mol. The van der Waals surface area contributed by atoms with E-state index < -0.39 is 0 Å². The second-order valence-electron chi connectivity index (χ2n) is 4.01. The summed E-state index contributed by atoms with van der Waals surface area (Å²) in [5.74, 6) is 1.05. The smallest absolute Gasteiger partial charge is 0.120 e. The molecular formula is C12H22N2O2. The predicted molar refractivity (Wildman–Crippen MR) is 64.5 cm³/mol. The zero-order valence-corrected chi connectivity index (χ0v) is 10.5. The van der Waals surface area contributed by atoms with Crippen LogP contribution in [0, 0.1) is 6.92 Å². The van der Waals surface area contributed by atoms with E-state index in [-0.39, 0.29) is 0 Å². The van der Waals surface area contributed by atoms with Crippen LogP contribution in [0.3, 0.4) is 0 Å². The third-order valence-electron chi connectivity index (χ3n) is 2.53. The summed E-state index contributed by atoms with van der Waals surface area (Å²) >= 11 is 0. The third kappa shape index (κ3) is 4.79. The fraction of sp³-hybridized carbons (Fsp3) is 0.667. The molecule has 1 rings (SSSR count). The molecule has 0 amide bonds. The van der Waals surface area contributed by atoms with Gasteiger partial charge in [0.05, 0.1) is 19.4 Å². The minimum absolute atomic E-state index is 0.765. The number of rotatable bonds is 8. The van der Waals surface area contributed by atoms with E-state index in [0.717, 1.165) is 38.5 Å². The zero-order valence-electron chi connectivity index (χ0n) is 10.5. The maximum atomic E-state index is 5.40. The van der Waals surface area contributed by atoms with Gasteiger partial charge in [-0.3, -0.25) is 4.90 Å². The number of methoxy groups -OCH3 is 1. The SMILES string of the molecule is COCCNCCN(C)Cc1occc1C. The molecule has 0 radical (unpaired) electrons. The molecule has 0 atom stereocenters. The summed E-state index contributed by atoms with van der Waals surface area (Å²) in [4.78, 5) is 2.24. The van der Waals surface area contributed by atoms with Crippen molar-refractivity contribution >= 4 is 0 Å². The first-order chi connectivity index (χ1) is 7.74. The molecule has 0 saturated heterocycles. The largest absolute Gasteiger partial charge is 0.468 e. The lowest BCUT2D eigenvalue weighted by Crippen LogP contribution is -2.30. The van der Waals surface area contributed by atoms with Gasteiger partial charge in [0.25, 0.3) is 0 Å². The number of nitrogens with zero attached hydrogens (tertiary/aromatic N) is 1. The minimum Gasteiger partial charge on any atom is -0.468 e. The molecule has 1 N–H and O–H groups in total. The van der Waals surface area contributed by atoms with Gasteiger partial charge in [0.2, 0.25) is 0 Å². The van der Waals surface area contributed by atoms with Crippen molar-refractivity contribution in [1.82, 2.24) is 10.2 Å². The summed E-state index contributed by atoms with van der Waals surface area (Å²) in [7, 11) is 3.81. The van der Waals surface area contributed by atoms with Crippen LogP contribution in [-0.2, 0) is 11.3 Å². The number of furan rings is 1. The molecule has 1 aromatic rings. The Labute approximate surface area is 97.6 Å². The van der Waals surface area contributed by atoms with Crippen LogP contribution in [0.5, 0.6) is 0 Å². The molecule has 4 heteroatoms. The van der Waals surface area contributed by atoms with Crippen LogP contribution in [-0.4, -0.2) is 45.3 Å². The Hall–Kier alpha value is -0.840. The highest BCUT2D eigenvalue weighted by atomic mass is 16.5. The molecule has 0 fully saturated rings. The van der Waals surface area contributed by atoms with Crippen molar-refractivity contribution in [3.8, 4) is 0 Å². The Morgan fingerprint density at radius 3 is 2.88 bits per heavy atom. The van der Waals surface area contributed by atoms with Gasteiger partial charge in [-0.15, -0.1) is 0 Å². The van der Waals surface area contributed by atoms with Gasteiger partial charge in [-0.05, 0) is 25.6 Å². The second-order valence-corrected chi connectivity index (χ2v) is 4.01. The first-order valence-electron chi connectivity index (χ1n) is 5.65. The van der Waals surface area contributed by atoms with Crippen LogP contribution in [0.25, 0.3) is 0 Å². The van der Waals surface area contributed by atoms with Crippen molar-refractivity contribution in [2.24, 2.45) is 0 Å². The molecule has 0 unspecified atom stereocenters. The van der Waals surface area contributed by atoms with E-state index in [1.807, 2.05) is 6.07 Å². The van der Waals surface area contributed by atoms with E-state index in [9.17, 15) is 0 Å². The van der Waals surface area contributed by atoms with Gasteiger partial charge < -0.3 is 14.5 Å². The highest BCUT2D eigenvalue weighted by Gasteiger charge is 2.05.